The van der Waals surface area contributed by atoms with Crippen LogP contribution in [0.2, 0.25) is 5.02 Å². The molecule has 0 radical (unpaired) electrons. The third-order valence-electron chi connectivity index (χ3n) is 1.73. The van der Waals surface area contributed by atoms with Crippen LogP contribution in [-0.4, -0.2) is 11.7 Å². The molecule has 1 N–H and O–H groups in total. The van der Waals surface area contributed by atoms with Gasteiger partial charge in [0, 0.05) is 23.1 Å². The monoisotopic (exact) mass is 170 g/mol. The van der Waals surface area contributed by atoms with Gasteiger partial charge in [0.25, 0.3) is 0 Å². The Kier molecular flexibility index (Phi) is 1.43. The molecule has 2 nitrogen and oxygen atoms in total. The minimum Gasteiger partial charge on any atom is -0.504 e. The molecular weight excluding hydrogens is 164 g/mol. The average molecular weight is 171 g/mol. The van der Waals surface area contributed by atoms with E-state index in [-0.39, 0.29) is 5.75 Å². The zero-order chi connectivity index (χ0) is 7.84. The van der Waals surface area contributed by atoms with Gasteiger partial charge < -0.3 is 9.84 Å². The molecule has 0 aromatic heterocycles. The lowest BCUT2D eigenvalue weighted by Gasteiger charge is -2.01. The highest BCUT2D eigenvalue weighted by molar-refractivity contribution is 6.30. The van der Waals surface area contributed by atoms with Gasteiger partial charge in [-0.3, -0.25) is 0 Å². The molecule has 1 aromatic carbocycles. The van der Waals surface area contributed by atoms with Gasteiger partial charge in [0.05, 0.1) is 6.61 Å². The zero-order valence-electron chi connectivity index (χ0n) is 5.80. The van der Waals surface area contributed by atoms with Gasteiger partial charge in [-0.05, 0) is 6.07 Å². The van der Waals surface area contributed by atoms with Crippen LogP contribution in [0.4, 0.5) is 0 Å². The first-order valence-corrected chi connectivity index (χ1v) is 3.79. The van der Waals surface area contributed by atoms with Gasteiger partial charge in [0.15, 0.2) is 11.5 Å². The highest BCUT2D eigenvalue weighted by Crippen LogP contribution is 2.37. The molecule has 1 aliphatic heterocycles. The topological polar surface area (TPSA) is 29.5 Å². The van der Waals surface area contributed by atoms with Gasteiger partial charge in [0.1, 0.15) is 0 Å². The summed E-state index contributed by atoms with van der Waals surface area (Å²) in [7, 11) is 0. The Morgan fingerprint density at radius 2 is 2.27 bits per heavy atom. The fraction of sp³-hybridized carbons (Fsp3) is 0.250. The lowest BCUT2D eigenvalue weighted by Crippen LogP contribution is -1.86. The van der Waals surface area contributed by atoms with E-state index < -0.39 is 0 Å². The third-order valence-corrected chi connectivity index (χ3v) is 1.95. The predicted octanol–water partition coefficient (Wildman–Crippen LogP) is 1.98. The summed E-state index contributed by atoms with van der Waals surface area (Å²) in [5.74, 6) is 0.736. The lowest BCUT2D eigenvalue weighted by molar-refractivity contribution is 0.334. The van der Waals surface area contributed by atoms with E-state index in [0.717, 1.165) is 12.0 Å². The van der Waals surface area contributed by atoms with Crippen LogP contribution in [0.15, 0.2) is 12.1 Å². The Labute approximate surface area is 69.4 Å². The van der Waals surface area contributed by atoms with E-state index in [1.807, 2.05) is 6.07 Å². The first-order valence-electron chi connectivity index (χ1n) is 3.41. The molecule has 0 bridgehead atoms. The highest BCUT2D eigenvalue weighted by Gasteiger charge is 2.16. The number of fused-ring (bicyclic) bond motifs is 1. The van der Waals surface area contributed by atoms with Crippen molar-refractivity contribution in [3.63, 3.8) is 0 Å². The van der Waals surface area contributed by atoms with Crippen LogP contribution < -0.4 is 4.74 Å². The second-order valence-electron chi connectivity index (χ2n) is 2.51. The van der Waals surface area contributed by atoms with Gasteiger partial charge in [-0.25, -0.2) is 0 Å². The summed E-state index contributed by atoms with van der Waals surface area (Å²) in [5, 5.41) is 9.86. The molecule has 0 amide bonds. The van der Waals surface area contributed by atoms with Crippen molar-refractivity contribution in [3.8, 4) is 11.5 Å². The number of phenols is 1. The Hall–Kier alpha value is -0.890. The van der Waals surface area contributed by atoms with Crippen LogP contribution in [0, 0.1) is 0 Å². The quantitative estimate of drug-likeness (QED) is 0.645. The Morgan fingerprint density at radius 3 is 3.09 bits per heavy atom. The zero-order valence-corrected chi connectivity index (χ0v) is 6.56. The van der Waals surface area contributed by atoms with E-state index in [1.54, 1.807) is 0 Å². The van der Waals surface area contributed by atoms with Crippen LogP contribution in [0.5, 0.6) is 11.5 Å². The second kappa shape index (κ2) is 2.31. The van der Waals surface area contributed by atoms with Crippen molar-refractivity contribution < 1.29 is 9.84 Å². The van der Waals surface area contributed by atoms with Crippen molar-refractivity contribution in [1.82, 2.24) is 0 Å². The number of benzene rings is 1. The Balaban J connectivity index is 2.60. The molecule has 1 aliphatic rings. The summed E-state index contributed by atoms with van der Waals surface area (Å²) in [6.45, 7) is 0.642. The molecular formula is C8H7ClO2. The summed E-state index contributed by atoms with van der Waals surface area (Å²) in [5.41, 5.74) is 0.995. The molecule has 0 saturated carbocycles. The van der Waals surface area contributed by atoms with Crippen LogP contribution in [0.1, 0.15) is 5.56 Å². The minimum absolute atomic E-state index is 0.144. The first kappa shape index (κ1) is 6.80. The molecule has 0 fully saturated rings. The fourth-order valence-corrected chi connectivity index (χ4v) is 1.48. The van der Waals surface area contributed by atoms with Crippen molar-refractivity contribution in [1.29, 1.82) is 0 Å². The normalized spacial score (nSPS) is 14.3. The van der Waals surface area contributed by atoms with Gasteiger partial charge in [-0.2, -0.15) is 0 Å². The predicted molar refractivity (Wildman–Crippen MR) is 42.3 cm³/mol. The van der Waals surface area contributed by atoms with Gasteiger partial charge >= 0.3 is 0 Å². The first-order chi connectivity index (χ1) is 5.27. The van der Waals surface area contributed by atoms with Crippen molar-refractivity contribution in [2.24, 2.45) is 0 Å². The smallest absolute Gasteiger partial charge is 0.164 e. The van der Waals surface area contributed by atoms with Crippen molar-refractivity contribution >= 4 is 11.6 Å². The number of halogens is 1. The second-order valence-corrected chi connectivity index (χ2v) is 2.95. The molecule has 1 aromatic rings. The Bertz CT molecular complexity index is 296. The number of hydrogen-bond acceptors (Lipinski definition) is 2. The molecule has 1 heterocycles. The number of rotatable bonds is 0. The van der Waals surface area contributed by atoms with E-state index in [0.29, 0.717) is 17.4 Å². The van der Waals surface area contributed by atoms with E-state index in [4.69, 9.17) is 16.3 Å². The molecule has 11 heavy (non-hydrogen) atoms. The summed E-state index contributed by atoms with van der Waals surface area (Å²) in [4.78, 5) is 0. The van der Waals surface area contributed by atoms with Crippen LogP contribution in [0.3, 0.4) is 0 Å². The van der Waals surface area contributed by atoms with Gasteiger partial charge in [0.2, 0.25) is 0 Å². The largest absolute Gasteiger partial charge is 0.504 e. The summed E-state index contributed by atoms with van der Waals surface area (Å²) < 4.78 is 5.18. The van der Waals surface area contributed by atoms with Gasteiger partial charge in [-0.1, -0.05) is 11.6 Å². The standard InChI is InChI=1S/C8H7ClO2/c9-6-3-5-1-2-11-8(5)7(10)4-6/h3-4,10H,1-2H2. The molecule has 3 heteroatoms. The minimum atomic E-state index is 0.144. The van der Waals surface area contributed by atoms with E-state index in [2.05, 4.69) is 0 Å². The number of hydrogen-bond donors (Lipinski definition) is 1. The maximum atomic E-state index is 9.30. The molecule has 0 aliphatic carbocycles. The maximum absolute atomic E-state index is 9.30. The van der Waals surface area contributed by atoms with Crippen LogP contribution >= 0.6 is 11.6 Å². The number of aromatic hydroxyl groups is 1. The van der Waals surface area contributed by atoms with E-state index in [9.17, 15) is 5.11 Å². The molecule has 0 unspecified atom stereocenters. The Morgan fingerprint density at radius 1 is 1.45 bits per heavy atom. The van der Waals surface area contributed by atoms with E-state index in [1.165, 1.54) is 6.07 Å². The van der Waals surface area contributed by atoms with E-state index >= 15 is 0 Å². The fourth-order valence-electron chi connectivity index (χ4n) is 1.25. The molecule has 0 atom stereocenters. The lowest BCUT2D eigenvalue weighted by atomic mass is 10.1. The average Bonchev–Trinajstić information content (AvgIpc) is 2.34. The molecule has 0 spiro atoms. The number of ether oxygens (including phenoxy) is 1. The molecule has 2 rings (SSSR count). The molecule has 58 valence electrons. The van der Waals surface area contributed by atoms with Crippen molar-refractivity contribution in [2.75, 3.05) is 6.61 Å². The van der Waals surface area contributed by atoms with Crippen LogP contribution in [0.25, 0.3) is 0 Å². The summed E-state index contributed by atoms with van der Waals surface area (Å²) >= 11 is 5.71. The number of phenolic OH excluding ortho intramolecular Hbond substituents is 1. The molecule has 0 saturated heterocycles. The maximum Gasteiger partial charge on any atom is 0.164 e. The summed E-state index contributed by atoms with van der Waals surface area (Å²) in [6.07, 6.45) is 0.837. The SMILES string of the molecule is Oc1cc(Cl)cc2c1OCC2. The van der Waals surface area contributed by atoms with Crippen molar-refractivity contribution in [2.45, 2.75) is 6.42 Å². The van der Waals surface area contributed by atoms with Crippen LogP contribution in [-0.2, 0) is 6.42 Å². The highest BCUT2D eigenvalue weighted by atomic mass is 35.5. The third kappa shape index (κ3) is 1.03. The summed E-state index contributed by atoms with van der Waals surface area (Å²) in [6, 6.07) is 3.31. The van der Waals surface area contributed by atoms with Crippen molar-refractivity contribution in [3.05, 3.63) is 22.7 Å². The van der Waals surface area contributed by atoms with Gasteiger partial charge in [-0.15, -0.1) is 0 Å².